The molecule has 2 rings (SSSR count). The van der Waals surface area contributed by atoms with Crippen LogP contribution in [0.2, 0.25) is 0 Å². The van der Waals surface area contributed by atoms with Crippen molar-refractivity contribution in [2.24, 2.45) is 7.05 Å². The predicted octanol–water partition coefficient (Wildman–Crippen LogP) is 0.381. The van der Waals surface area contributed by atoms with Crippen molar-refractivity contribution in [2.45, 2.75) is 24.9 Å². The molecule has 4 heteroatoms. The Morgan fingerprint density at radius 1 is 1.50 bits per heavy atom. The van der Waals surface area contributed by atoms with Crippen molar-refractivity contribution < 1.29 is 5.11 Å². The van der Waals surface area contributed by atoms with Gasteiger partial charge in [0, 0.05) is 19.4 Å². The molecule has 2 heterocycles. The summed E-state index contributed by atoms with van der Waals surface area (Å²) in [6.45, 7) is 1.86. The molecule has 0 amide bonds. The van der Waals surface area contributed by atoms with E-state index in [9.17, 15) is 5.11 Å². The molecule has 4 nitrogen and oxygen atoms in total. The van der Waals surface area contributed by atoms with Crippen LogP contribution in [0, 0.1) is 0 Å². The highest BCUT2D eigenvalue weighted by atomic mass is 16.3. The minimum absolute atomic E-state index is 0.734. The van der Waals surface area contributed by atoms with Crippen molar-refractivity contribution >= 4 is 0 Å². The van der Waals surface area contributed by atoms with Crippen LogP contribution in [0.5, 0.6) is 0 Å². The first kappa shape index (κ1) is 9.68. The Morgan fingerprint density at radius 3 is 3.07 bits per heavy atom. The van der Waals surface area contributed by atoms with E-state index < -0.39 is 5.60 Å². The zero-order valence-electron chi connectivity index (χ0n) is 8.53. The molecule has 78 valence electrons. The smallest absolute Gasteiger partial charge is 0.140 e. The number of hydrogen-bond donors (Lipinski definition) is 2. The number of rotatable bonds is 1. The monoisotopic (exact) mass is 195 g/mol. The molecule has 0 spiro atoms. The molecule has 0 aromatic carbocycles. The summed E-state index contributed by atoms with van der Waals surface area (Å²) in [4.78, 5) is 4.24. The summed E-state index contributed by atoms with van der Waals surface area (Å²) < 4.78 is 1.91. The van der Waals surface area contributed by atoms with E-state index in [1.807, 2.05) is 17.8 Å². The summed E-state index contributed by atoms with van der Waals surface area (Å²) in [5, 5.41) is 13.8. The maximum absolute atomic E-state index is 10.5. The number of nitrogens with one attached hydrogen (secondary N) is 1. The van der Waals surface area contributed by atoms with E-state index in [-0.39, 0.29) is 0 Å². The quantitative estimate of drug-likeness (QED) is 0.681. The van der Waals surface area contributed by atoms with Gasteiger partial charge in [-0.15, -0.1) is 0 Å². The third-order valence-electron chi connectivity index (χ3n) is 2.90. The zero-order chi connectivity index (χ0) is 10.0. The summed E-state index contributed by atoms with van der Waals surface area (Å²) in [6, 6.07) is 0. The second kappa shape index (κ2) is 3.71. The van der Waals surface area contributed by atoms with Crippen LogP contribution in [-0.4, -0.2) is 27.7 Å². The first-order valence-electron chi connectivity index (χ1n) is 5.13. The van der Waals surface area contributed by atoms with E-state index in [4.69, 9.17) is 0 Å². The summed E-state index contributed by atoms with van der Waals surface area (Å²) >= 11 is 0. The van der Waals surface area contributed by atoms with E-state index >= 15 is 0 Å². The van der Waals surface area contributed by atoms with Gasteiger partial charge in [-0.2, -0.15) is 0 Å². The van der Waals surface area contributed by atoms with Crippen LogP contribution >= 0.6 is 0 Å². The topological polar surface area (TPSA) is 50.1 Å². The van der Waals surface area contributed by atoms with Crippen molar-refractivity contribution in [3.63, 3.8) is 0 Å². The summed E-state index contributed by atoms with van der Waals surface area (Å²) in [5.74, 6) is 0.793. The van der Waals surface area contributed by atoms with E-state index in [2.05, 4.69) is 10.3 Å². The lowest BCUT2D eigenvalue weighted by Gasteiger charge is -2.25. The van der Waals surface area contributed by atoms with E-state index in [0.29, 0.717) is 0 Å². The Bertz CT molecular complexity index is 300. The Morgan fingerprint density at radius 2 is 2.36 bits per heavy atom. The number of imidazole rings is 1. The van der Waals surface area contributed by atoms with Gasteiger partial charge in [-0.1, -0.05) is 0 Å². The third kappa shape index (κ3) is 1.67. The van der Waals surface area contributed by atoms with Crippen molar-refractivity contribution in [3.05, 3.63) is 18.2 Å². The second-order valence-corrected chi connectivity index (χ2v) is 4.00. The first-order chi connectivity index (χ1) is 6.72. The standard InChI is InChI=1S/C10H17N3O/c1-13-8-7-12-9(13)10(14)3-2-5-11-6-4-10/h7-8,11,14H,2-6H2,1H3/t10-/m1/s1. The van der Waals surface area contributed by atoms with Gasteiger partial charge < -0.3 is 15.0 Å². The highest BCUT2D eigenvalue weighted by molar-refractivity contribution is 5.05. The van der Waals surface area contributed by atoms with Crippen LogP contribution in [0.15, 0.2) is 12.4 Å². The summed E-state index contributed by atoms with van der Waals surface area (Å²) in [5.41, 5.74) is -0.734. The molecule has 0 aliphatic carbocycles. The lowest BCUT2D eigenvalue weighted by Crippen LogP contribution is -2.30. The van der Waals surface area contributed by atoms with Gasteiger partial charge in [0.2, 0.25) is 0 Å². The fraction of sp³-hybridized carbons (Fsp3) is 0.700. The van der Waals surface area contributed by atoms with Gasteiger partial charge in [0.15, 0.2) is 0 Å². The van der Waals surface area contributed by atoms with E-state index in [0.717, 1.165) is 38.2 Å². The van der Waals surface area contributed by atoms with Gasteiger partial charge in [-0.3, -0.25) is 0 Å². The number of aromatic nitrogens is 2. The minimum atomic E-state index is -0.734. The van der Waals surface area contributed by atoms with Gasteiger partial charge >= 0.3 is 0 Å². The molecule has 2 N–H and O–H groups in total. The van der Waals surface area contributed by atoms with Crippen LogP contribution in [0.1, 0.15) is 25.1 Å². The van der Waals surface area contributed by atoms with Gasteiger partial charge in [-0.05, 0) is 32.4 Å². The normalized spacial score (nSPS) is 28.7. The lowest BCUT2D eigenvalue weighted by atomic mass is 9.94. The van der Waals surface area contributed by atoms with Gasteiger partial charge in [-0.25, -0.2) is 4.98 Å². The van der Waals surface area contributed by atoms with Gasteiger partial charge in [0.1, 0.15) is 11.4 Å². The molecule has 1 atom stereocenters. The van der Waals surface area contributed by atoms with Crippen molar-refractivity contribution in [1.82, 2.24) is 14.9 Å². The van der Waals surface area contributed by atoms with Crippen LogP contribution in [-0.2, 0) is 12.6 Å². The third-order valence-corrected chi connectivity index (χ3v) is 2.90. The summed E-state index contributed by atoms with van der Waals surface area (Å²) in [7, 11) is 1.93. The van der Waals surface area contributed by atoms with Crippen LogP contribution in [0.25, 0.3) is 0 Å². The molecular formula is C10H17N3O. The number of aliphatic hydroxyl groups is 1. The van der Waals surface area contributed by atoms with E-state index in [1.165, 1.54) is 0 Å². The molecule has 0 bridgehead atoms. The molecule has 0 radical (unpaired) electrons. The lowest BCUT2D eigenvalue weighted by molar-refractivity contribution is 0.0126. The number of nitrogens with zero attached hydrogens (tertiary/aromatic N) is 2. The van der Waals surface area contributed by atoms with Crippen LogP contribution < -0.4 is 5.32 Å². The molecule has 1 aliphatic rings. The largest absolute Gasteiger partial charge is 0.382 e. The summed E-state index contributed by atoms with van der Waals surface area (Å²) in [6.07, 6.45) is 6.17. The highest BCUT2D eigenvalue weighted by Gasteiger charge is 2.33. The minimum Gasteiger partial charge on any atom is -0.382 e. The maximum atomic E-state index is 10.5. The van der Waals surface area contributed by atoms with Crippen molar-refractivity contribution in [3.8, 4) is 0 Å². The molecule has 0 saturated carbocycles. The Hall–Kier alpha value is -0.870. The molecule has 1 fully saturated rings. The molecular weight excluding hydrogens is 178 g/mol. The maximum Gasteiger partial charge on any atom is 0.140 e. The zero-order valence-corrected chi connectivity index (χ0v) is 8.53. The van der Waals surface area contributed by atoms with Crippen LogP contribution in [0.4, 0.5) is 0 Å². The van der Waals surface area contributed by atoms with E-state index in [1.54, 1.807) is 6.20 Å². The Balaban J connectivity index is 2.25. The molecule has 1 aromatic rings. The Labute approximate surface area is 84.0 Å². The second-order valence-electron chi connectivity index (χ2n) is 4.00. The fourth-order valence-corrected chi connectivity index (χ4v) is 2.09. The molecule has 0 unspecified atom stereocenters. The fourth-order valence-electron chi connectivity index (χ4n) is 2.09. The number of aryl methyl sites for hydroxylation is 1. The SMILES string of the molecule is Cn1ccnc1[C@@]1(O)CCCNCC1. The van der Waals surface area contributed by atoms with Crippen molar-refractivity contribution in [1.29, 1.82) is 0 Å². The molecule has 14 heavy (non-hydrogen) atoms. The average Bonchev–Trinajstić information content (AvgIpc) is 2.46. The average molecular weight is 195 g/mol. The van der Waals surface area contributed by atoms with Crippen molar-refractivity contribution in [2.75, 3.05) is 13.1 Å². The number of hydrogen-bond acceptors (Lipinski definition) is 3. The highest BCUT2D eigenvalue weighted by Crippen LogP contribution is 2.29. The predicted molar refractivity (Wildman–Crippen MR) is 53.8 cm³/mol. The first-order valence-corrected chi connectivity index (χ1v) is 5.13. The molecule has 1 aliphatic heterocycles. The van der Waals surface area contributed by atoms with Crippen LogP contribution in [0.3, 0.4) is 0 Å². The Kier molecular flexibility index (Phi) is 2.56. The van der Waals surface area contributed by atoms with Gasteiger partial charge in [0.25, 0.3) is 0 Å². The molecule has 1 saturated heterocycles. The van der Waals surface area contributed by atoms with Gasteiger partial charge in [0.05, 0.1) is 0 Å². The molecule has 1 aromatic heterocycles.